The second kappa shape index (κ2) is 7.37. The van der Waals surface area contributed by atoms with Gasteiger partial charge in [-0.1, -0.05) is 32.0 Å². The summed E-state index contributed by atoms with van der Waals surface area (Å²) in [6.45, 7) is 4.00. The van der Waals surface area contributed by atoms with Gasteiger partial charge in [-0.2, -0.15) is 5.26 Å². The smallest absolute Gasteiger partial charge is 0.265 e. The van der Waals surface area contributed by atoms with Crippen molar-refractivity contribution in [2.24, 2.45) is 0 Å². The molecule has 6 heteroatoms. The quantitative estimate of drug-likeness (QED) is 0.867. The number of hydrogen-bond donors (Lipinski definition) is 1. The Bertz CT molecular complexity index is 851. The molecule has 2 aromatic carbocycles. The molecule has 2 rings (SSSR count). The number of ether oxygens (including phenoxy) is 1. The van der Waals surface area contributed by atoms with Crippen molar-refractivity contribution in [3.8, 4) is 11.8 Å². The van der Waals surface area contributed by atoms with Gasteiger partial charge in [0.15, 0.2) is 0 Å². The van der Waals surface area contributed by atoms with Crippen LogP contribution in [0.3, 0.4) is 0 Å². The standard InChI is InChI=1S/C18H20N2O3S/c1-13(2)15-6-9-17(23-3)18(12-15)24(21,22)20-16-7-4-14(5-8-16)10-11-19/h4-9,12-13,20H,10H2,1-3H3. The van der Waals surface area contributed by atoms with Crippen LogP contribution in [-0.2, 0) is 16.4 Å². The molecule has 0 saturated heterocycles. The molecule has 0 unspecified atom stereocenters. The normalized spacial score (nSPS) is 11.1. The minimum absolute atomic E-state index is 0.109. The number of nitriles is 1. The van der Waals surface area contributed by atoms with Crippen molar-refractivity contribution in [3.63, 3.8) is 0 Å². The summed E-state index contributed by atoms with van der Waals surface area (Å²) in [6.07, 6.45) is 0.289. The Morgan fingerprint density at radius 1 is 1.17 bits per heavy atom. The molecule has 24 heavy (non-hydrogen) atoms. The third-order valence-electron chi connectivity index (χ3n) is 3.63. The summed E-state index contributed by atoms with van der Waals surface area (Å²) in [5.41, 5.74) is 2.19. The maximum atomic E-state index is 12.7. The Balaban J connectivity index is 2.36. The van der Waals surface area contributed by atoms with Gasteiger partial charge < -0.3 is 4.74 Å². The highest BCUT2D eigenvalue weighted by atomic mass is 32.2. The first-order valence-corrected chi connectivity index (χ1v) is 9.02. The summed E-state index contributed by atoms with van der Waals surface area (Å²) >= 11 is 0. The third kappa shape index (κ3) is 4.06. The molecule has 0 aliphatic heterocycles. The minimum Gasteiger partial charge on any atom is -0.495 e. The molecule has 0 spiro atoms. The number of nitrogens with zero attached hydrogens (tertiary/aromatic N) is 1. The molecule has 0 radical (unpaired) electrons. The number of anilines is 1. The van der Waals surface area contributed by atoms with E-state index in [-0.39, 0.29) is 17.2 Å². The van der Waals surface area contributed by atoms with E-state index < -0.39 is 10.0 Å². The zero-order valence-corrected chi connectivity index (χ0v) is 14.7. The zero-order valence-electron chi connectivity index (χ0n) is 13.9. The van der Waals surface area contributed by atoms with Crippen LogP contribution in [0.1, 0.15) is 30.9 Å². The molecular weight excluding hydrogens is 324 g/mol. The van der Waals surface area contributed by atoms with Gasteiger partial charge >= 0.3 is 0 Å². The van der Waals surface area contributed by atoms with Crippen LogP contribution in [0, 0.1) is 11.3 Å². The number of sulfonamides is 1. The highest BCUT2D eigenvalue weighted by Gasteiger charge is 2.21. The molecule has 0 atom stereocenters. The molecule has 0 aliphatic carbocycles. The Kier molecular flexibility index (Phi) is 5.47. The van der Waals surface area contributed by atoms with Crippen LogP contribution in [-0.4, -0.2) is 15.5 Å². The monoisotopic (exact) mass is 344 g/mol. The molecule has 126 valence electrons. The van der Waals surface area contributed by atoms with Crippen molar-refractivity contribution in [2.75, 3.05) is 11.8 Å². The summed E-state index contributed by atoms with van der Waals surface area (Å²) in [6, 6.07) is 13.9. The number of benzene rings is 2. The summed E-state index contributed by atoms with van der Waals surface area (Å²) in [4.78, 5) is 0.109. The number of nitrogens with one attached hydrogen (secondary N) is 1. The molecule has 0 amide bonds. The Hall–Kier alpha value is -2.52. The van der Waals surface area contributed by atoms with Crippen LogP contribution in [0.15, 0.2) is 47.4 Å². The first-order valence-electron chi connectivity index (χ1n) is 7.54. The van der Waals surface area contributed by atoms with Gasteiger partial charge in [0.1, 0.15) is 10.6 Å². The molecule has 0 bridgehead atoms. The lowest BCUT2D eigenvalue weighted by Crippen LogP contribution is -2.14. The van der Waals surface area contributed by atoms with Crippen molar-refractivity contribution in [1.29, 1.82) is 5.26 Å². The van der Waals surface area contributed by atoms with E-state index >= 15 is 0 Å². The first-order chi connectivity index (χ1) is 11.4. The van der Waals surface area contributed by atoms with Crippen LogP contribution < -0.4 is 9.46 Å². The van der Waals surface area contributed by atoms with Gasteiger partial charge in [-0.25, -0.2) is 8.42 Å². The molecular formula is C18H20N2O3S. The molecule has 2 aromatic rings. The molecule has 0 heterocycles. The van der Waals surface area contributed by atoms with Gasteiger partial charge in [-0.3, -0.25) is 4.72 Å². The fourth-order valence-electron chi connectivity index (χ4n) is 2.25. The number of methoxy groups -OCH3 is 1. The van der Waals surface area contributed by atoms with Crippen LogP contribution in [0.25, 0.3) is 0 Å². The van der Waals surface area contributed by atoms with E-state index in [4.69, 9.17) is 10.00 Å². The maximum Gasteiger partial charge on any atom is 0.265 e. The minimum atomic E-state index is -3.78. The topological polar surface area (TPSA) is 79.2 Å². The Morgan fingerprint density at radius 2 is 1.83 bits per heavy atom. The predicted octanol–water partition coefficient (Wildman–Crippen LogP) is 3.69. The van der Waals surface area contributed by atoms with E-state index in [2.05, 4.69) is 10.8 Å². The molecule has 0 aliphatic rings. The van der Waals surface area contributed by atoms with Crippen LogP contribution in [0.4, 0.5) is 5.69 Å². The SMILES string of the molecule is COc1ccc(C(C)C)cc1S(=O)(=O)Nc1ccc(CC#N)cc1. The fourth-order valence-corrected chi connectivity index (χ4v) is 3.52. The zero-order chi connectivity index (χ0) is 17.7. The van der Waals surface area contributed by atoms with Crippen molar-refractivity contribution < 1.29 is 13.2 Å². The van der Waals surface area contributed by atoms with E-state index in [9.17, 15) is 8.42 Å². The van der Waals surface area contributed by atoms with Crippen molar-refractivity contribution in [3.05, 3.63) is 53.6 Å². The second-order valence-electron chi connectivity index (χ2n) is 5.70. The van der Waals surface area contributed by atoms with E-state index in [1.807, 2.05) is 19.9 Å². The largest absolute Gasteiger partial charge is 0.495 e. The van der Waals surface area contributed by atoms with E-state index in [0.717, 1.165) is 11.1 Å². The second-order valence-corrected chi connectivity index (χ2v) is 7.35. The number of rotatable bonds is 6. The van der Waals surface area contributed by atoms with Gasteiger partial charge in [0, 0.05) is 5.69 Å². The van der Waals surface area contributed by atoms with E-state index in [0.29, 0.717) is 11.4 Å². The first kappa shape index (κ1) is 17.8. The van der Waals surface area contributed by atoms with E-state index in [1.54, 1.807) is 36.4 Å². The third-order valence-corrected chi connectivity index (χ3v) is 5.04. The molecule has 0 saturated carbocycles. The van der Waals surface area contributed by atoms with Crippen molar-refractivity contribution >= 4 is 15.7 Å². The highest BCUT2D eigenvalue weighted by Crippen LogP contribution is 2.29. The van der Waals surface area contributed by atoms with Gasteiger partial charge in [0.05, 0.1) is 19.6 Å². The molecule has 0 aromatic heterocycles. The van der Waals surface area contributed by atoms with Crippen LogP contribution in [0.2, 0.25) is 0 Å². The van der Waals surface area contributed by atoms with Crippen molar-refractivity contribution in [1.82, 2.24) is 0 Å². The summed E-state index contributed by atoms with van der Waals surface area (Å²) in [5.74, 6) is 0.503. The lowest BCUT2D eigenvalue weighted by molar-refractivity contribution is 0.402. The van der Waals surface area contributed by atoms with Crippen LogP contribution >= 0.6 is 0 Å². The maximum absolute atomic E-state index is 12.7. The lowest BCUT2D eigenvalue weighted by Gasteiger charge is -2.14. The average Bonchev–Trinajstić information content (AvgIpc) is 2.56. The van der Waals surface area contributed by atoms with Gasteiger partial charge in [-0.15, -0.1) is 0 Å². The summed E-state index contributed by atoms with van der Waals surface area (Å²) in [7, 11) is -2.33. The van der Waals surface area contributed by atoms with Gasteiger partial charge in [0.2, 0.25) is 0 Å². The predicted molar refractivity (Wildman–Crippen MR) is 93.7 cm³/mol. The Labute approximate surface area is 142 Å². The molecule has 0 fully saturated rings. The average molecular weight is 344 g/mol. The van der Waals surface area contributed by atoms with Gasteiger partial charge in [-0.05, 0) is 41.3 Å². The summed E-state index contributed by atoms with van der Waals surface area (Å²) < 4.78 is 33.2. The van der Waals surface area contributed by atoms with Crippen molar-refractivity contribution in [2.45, 2.75) is 31.1 Å². The summed E-state index contributed by atoms with van der Waals surface area (Å²) in [5, 5.41) is 8.68. The number of hydrogen-bond acceptors (Lipinski definition) is 4. The molecule has 5 nitrogen and oxygen atoms in total. The lowest BCUT2D eigenvalue weighted by atomic mass is 10.0. The Morgan fingerprint density at radius 3 is 2.38 bits per heavy atom. The highest BCUT2D eigenvalue weighted by molar-refractivity contribution is 7.92. The van der Waals surface area contributed by atoms with Gasteiger partial charge in [0.25, 0.3) is 10.0 Å². The fraction of sp³-hybridized carbons (Fsp3) is 0.278. The molecule has 1 N–H and O–H groups in total. The van der Waals surface area contributed by atoms with E-state index in [1.165, 1.54) is 7.11 Å². The van der Waals surface area contributed by atoms with Crippen LogP contribution in [0.5, 0.6) is 5.75 Å².